The van der Waals surface area contributed by atoms with E-state index >= 15 is 0 Å². The average molecular weight is 518 g/mol. The van der Waals surface area contributed by atoms with Crippen LogP contribution in [-0.4, -0.2) is 48.1 Å². The molecule has 192 valence electrons. The van der Waals surface area contributed by atoms with E-state index in [0.29, 0.717) is 29.3 Å². The summed E-state index contributed by atoms with van der Waals surface area (Å²) in [6, 6.07) is 5.31. The number of alkyl halides is 6. The highest BCUT2D eigenvalue weighted by Crippen LogP contribution is 2.39. The predicted molar refractivity (Wildman–Crippen MR) is 113 cm³/mol. The molecule has 2 atom stereocenters. The Hall–Kier alpha value is -4.10. The number of anilines is 1. The Bertz CT molecular complexity index is 1210. The molecule has 0 fully saturated rings. The molecule has 0 radical (unpaired) electrons. The van der Waals surface area contributed by atoms with Gasteiger partial charge in [0.2, 0.25) is 5.91 Å². The van der Waals surface area contributed by atoms with Crippen LogP contribution < -0.4 is 15.8 Å². The van der Waals surface area contributed by atoms with Crippen molar-refractivity contribution in [3.8, 4) is 5.75 Å². The maximum atomic E-state index is 13.9. The summed E-state index contributed by atoms with van der Waals surface area (Å²) < 4.78 is 95.4. The smallest absolute Gasteiger partial charge is 0.406 e. The minimum Gasteiger partial charge on any atom is -0.406 e. The van der Waals surface area contributed by atoms with Gasteiger partial charge in [-0.15, -0.1) is 13.2 Å². The number of nitrogens with zero attached hydrogens (tertiary/aromatic N) is 1. The van der Waals surface area contributed by atoms with Crippen LogP contribution in [0.1, 0.15) is 21.8 Å². The lowest BCUT2D eigenvalue weighted by molar-refractivity contribution is -0.274. The molecule has 0 aliphatic carbocycles. The number of amides is 2. The Labute approximate surface area is 198 Å². The summed E-state index contributed by atoms with van der Waals surface area (Å²) in [6.07, 6.45) is -8.71. The number of halogens is 7. The highest BCUT2D eigenvalue weighted by Gasteiger charge is 2.48. The molecule has 0 saturated carbocycles. The number of carbonyl (C=O) groups excluding carboxylic acids is 2. The second kappa shape index (κ2) is 9.87. The van der Waals surface area contributed by atoms with Crippen molar-refractivity contribution in [2.45, 2.75) is 24.5 Å². The molecule has 4 N–H and O–H groups in total. The lowest BCUT2D eigenvalue weighted by Crippen LogP contribution is -2.55. The lowest BCUT2D eigenvalue weighted by atomic mass is 9.79. The Balaban J connectivity index is 2.11. The first-order chi connectivity index (χ1) is 16.7. The van der Waals surface area contributed by atoms with Gasteiger partial charge in [0.1, 0.15) is 18.1 Å². The largest absolute Gasteiger partial charge is 0.573 e. The number of benzene rings is 2. The molecule has 36 heavy (non-hydrogen) atoms. The summed E-state index contributed by atoms with van der Waals surface area (Å²) in [4.78, 5) is 26.6. The number of ether oxygens (including phenoxy) is 1. The maximum Gasteiger partial charge on any atom is 0.573 e. The van der Waals surface area contributed by atoms with Crippen molar-refractivity contribution in [1.29, 1.82) is 5.41 Å². The molecule has 1 heterocycles. The molecule has 1 aliphatic heterocycles. The molecule has 1 aliphatic rings. The van der Waals surface area contributed by atoms with Crippen molar-refractivity contribution in [3.05, 3.63) is 71.2 Å². The third kappa shape index (κ3) is 5.93. The van der Waals surface area contributed by atoms with E-state index in [1.807, 2.05) is 0 Å². The van der Waals surface area contributed by atoms with Crippen LogP contribution >= 0.6 is 0 Å². The normalized spacial score (nSPS) is 18.5. The van der Waals surface area contributed by atoms with Gasteiger partial charge in [0.25, 0.3) is 5.91 Å². The molecule has 0 unspecified atom stereocenters. The zero-order valence-corrected chi connectivity index (χ0v) is 18.0. The van der Waals surface area contributed by atoms with E-state index in [9.17, 15) is 40.3 Å². The second-order valence-electron chi connectivity index (χ2n) is 7.58. The number of nitrogens with two attached hydrogens (primary N) is 1. The molecule has 7 nitrogen and oxygen atoms in total. The third-order valence-electron chi connectivity index (χ3n) is 5.14. The van der Waals surface area contributed by atoms with Gasteiger partial charge in [-0.05, 0) is 17.7 Å². The second-order valence-corrected chi connectivity index (χ2v) is 7.58. The van der Waals surface area contributed by atoms with Gasteiger partial charge in [-0.25, -0.2) is 4.39 Å². The fourth-order valence-electron chi connectivity index (χ4n) is 3.89. The molecule has 3 rings (SSSR count). The Kier molecular flexibility index (Phi) is 7.27. The van der Waals surface area contributed by atoms with E-state index in [1.54, 1.807) is 0 Å². The van der Waals surface area contributed by atoms with E-state index in [2.05, 4.69) is 10.1 Å². The van der Waals surface area contributed by atoms with Gasteiger partial charge in [0.15, 0.2) is 0 Å². The van der Waals surface area contributed by atoms with Gasteiger partial charge in [-0.2, -0.15) is 13.2 Å². The SMILES string of the molecule is N=C/C(=C\N)[C@H]1[C@H](C(=O)Nc2cc(F)cc(OC(F)(F)F)c2)c2ccccc2C(=O)N1CC(F)(F)F. The summed E-state index contributed by atoms with van der Waals surface area (Å²) in [5.41, 5.74) is 4.41. The molecule has 2 amide bonds. The number of hydrogen-bond acceptors (Lipinski definition) is 5. The van der Waals surface area contributed by atoms with Crippen LogP contribution in [0.3, 0.4) is 0 Å². The molecular formula is C22H17F7N4O3. The highest BCUT2D eigenvalue weighted by atomic mass is 19.4. The zero-order chi connectivity index (χ0) is 26.8. The lowest BCUT2D eigenvalue weighted by Gasteiger charge is -2.42. The first kappa shape index (κ1) is 26.5. The van der Waals surface area contributed by atoms with Crippen LogP contribution in [0, 0.1) is 11.2 Å². The molecule has 0 saturated heterocycles. The minimum atomic E-state index is -5.16. The van der Waals surface area contributed by atoms with Crippen LogP contribution in [0.4, 0.5) is 36.4 Å². The van der Waals surface area contributed by atoms with Gasteiger partial charge in [-0.1, -0.05) is 18.2 Å². The summed E-state index contributed by atoms with van der Waals surface area (Å²) in [5.74, 6) is -5.98. The van der Waals surface area contributed by atoms with Gasteiger partial charge in [0, 0.05) is 41.4 Å². The highest BCUT2D eigenvalue weighted by molar-refractivity contribution is 6.06. The van der Waals surface area contributed by atoms with E-state index < -0.39 is 60.1 Å². The zero-order valence-electron chi connectivity index (χ0n) is 18.0. The molecule has 0 aromatic heterocycles. The summed E-state index contributed by atoms with van der Waals surface area (Å²) >= 11 is 0. The summed E-state index contributed by atoms with van der Waals surface area (Å²) in [5, 5.41) is 9.72. The topological polar surface area (TPSA) is 109 Å². The van der Waals surface area contributed by atoms with Gasteiger partial charge in [-0.3, -0.25) is 9.59 Å². The monoisotopic (exact) mass is 518 g/mol. The number of rotatable bonds is 6. The van der Waals surface area contributed by atoms with Crippen LogP contribution in [0.15, 0.2) is 54.2 Å². The molecular weight excluding hydrogens is 501 g/mol. The number of nitrogens with one attached hydrogen (secondary N) is 2. The maximum absolute atomic E-state index is 13.9. The first-order valence-corrected chi connectivity index (χ1v) is 10.00. The van der Waals surface area contributed by atoms with Crippen molar-refractivity contribution in [3.63, 3.8) is 0 Å². The number of hydrogen-bond donors (Lipinski definition) is 3. The van der Waals surface area contributed by atoms with E-state index in [1.165, 1.54) is 24.3 Å². The quantitative estimate of drug-likeness (QED) is 0.391. The van der Waals surface area contributed by atoms with Crippen LogP contribution in [0.5, 0.6) is 5.75 Å². The molecule has 2 aromatic rings. The first-order valence-electron chi connectivity index (χ1n) is 10.00. The van der Waals surface area contributed by atoms with Crippen LogP contribution in [0.2, 0.25) is 0 Å². The minimum absolute atomic E-state index is 0.0206. The third-order valence-corrected chi connectivity index (χ3v) is 5.14. The van der Waals surface area contributed by atoms with Crippen molar-refractivity contribution < 1.29 is 45.1 Å². The Morgan fingerprint density at radius 1 is 1.14 bits per heavy atom. The molecule has 14 heteroatoms. The van der Waals surface area contributed by atoms with E-state index in [-0.39, 0.29) is 16.7 Å². The predicted octanol–water partition coefficient (Wildman–Crippen LogP) is 4.33. The van der Waals surface area contributed by atoms with Gasteiger partial charge < -0.3 is 26.1 Å². The van der Waals surface area contributed by atoms with Crippen molar-refractivity contribution in [1.82, 2.24) is 4.90 Å². The van der Waals surface area contributed by atoms with Crippen LogP contribution in [-0.2, 0) is 4.79 Å². The molecule has 0 spiro atoms. The standard InChI is InChI=1S/C22H17F7N4O3/c23-12-5-13(7-14(6-12)36-22(27,28)29)32-19(34)17-15-3-1-2-4-16(15)20(35)33(10-21(24,25)26)18(17)11(8-30)9-31/h1-9,17-18,30H,10,31H2,(H,32,34)/b11-9+,30-8?/t17-,18+/m1/s1. The Morgan fingerprint density at radius 3 is 2.39 bits per heavy atom. The fraction of sp³-hybridized carbons (Fsp3) is 0.227. The van der Waals surface area contributed by atoms with E-state index in [0.717, 1.165) is 6.20 Å². The van der Waals surface area contributed by atoms with Crippen LogP contribution in [0.25, 0.3) is 0 Å². The summed E-state index contributed by atoms with van der Waals surface area (Å²) in [6.45, 7) is -1.79. The molecule has 2 aromatic carbocycles. The van der Waals surface area contributed by atoms with Crippen molar-refractivity contribution in [2.24, 2.45) is 5.73 Å². The number of carbonyl (C=O) groups is 2. The van der Waals surface area contributed by atoms with Crippen molar-refractivity contribution in [2.75, 3.05) is 11.9 Å². The van der Waals surface area contributed by atoms with Gasteiger partial charge in [0.05, 0.1) is 12.0 Å². The molecule has 0 bridgehead atoms. The van der Waals surface area contributed by atoms with Gasteiger partial charge >= 0.3 is 12.5 Å². The Morgan fingerprint density at radius 2 is 1.81 bits per heavy atom. The summed E-state index contributed by atoms with van der Waals surface area (Å²) in [7, 11) is 0. The fourth-order valence-corrected chi connectivity index (χ4v) is 3.89. The van der Waals surface area contributed by atoms with E-state index in [4.69, 9.17) is 11.1 Å². The number of fused-ring (bicyclic) bond motifs is 1. The average Bonchev–Trinajstić information content (AvgIpc) is 2.74. The van der Waals surface area contributed by atoms with Crippen molar-refractivity contribution >= 4 is 23.7 Å².